The monoisotopic (exact) mass is 271 g/mol. The number of likely N-dealkylation sites (tertiary alicyclic amines) is 1. The Balaban J connectivity index is 1.65. The van der Waals surface area contributed by atoms with Gasteiger partial charge in [0.2, 0.25) is 0 Å². The van der Waals surface area contributed by atoms with Gasteiger partial charge in [-0.25, -0.2) is 0 Å². The Morgan fingerprint density at radius 2 is 2.11 bits per heavy atom. The Bertz CT molecular complexity index is 247. The Kier molecular flexibility index (Phi) is 6.53. The molecule has 2 atom stereocenters. The van der Waals surface area contributed by atoms with Gasteiger partial charge >= 0.3 is 0 Å². The zero-order chi connectivity index (χ0) is 13.5. The fourth-order valence-electron chi connectivity index (χ4n) is 3.02. The molecule has 2 rings (SSSR count). The van der Waals surface area contributed by atoms with Gasteiger partial charge < -0.3 is 14.8 Å². The van der Waals surface area contributed by atoms with E-state index in [4.69, 9.17) is 9.47 Å². The van der Waals surface area contributed by atoms with Gasteiger partial charge in [0.15, 0.2) is 0 Å². The maximum atomic E-state index is 5.43. The van der Waals surface area contributed by atoms with Crippen LogP contribution in [0.1, 0.15) is 13.3 Å². The number of hydrogen-bond acceptors (Lipinski definition) is 5. The zero-order valence-electron chi connectivity index (χ0n) is 12.4. The van der Waals surface area contributed by atoms with E-state index in [-0.39, 0.29) is 0 Å². The lowest BCUT2D eigenvalue weighted by Crippen LogP contribution is -2.46. The predicted molar refractivity (Wildman–Crippen MR) is 76.6 cm³/mol. The third kappa shape index (κ3) is 4.68. The molecule has 0 aromatic heterocycles. The van der Waals surface area contributed by atoms with Gasteiger partial charge in [-0.05, 0) is 13.3 Å². The van der Waals surface area contributed by atoms with E-state index < -0.39 is 0 Å². The molecule has 1 N–H and O–H groups in total. The molecule has 0 amide bonds. The number of nitrogens with zero attached hydrogens (tertiary/aromatic N) is 2. The molecule has 112 valence electrons. The van der Waals surface area contributed by atoms with Crippen LogP contribution >= 0.6 is 0 Å². The van der Waals surface area contributed by atoms with E-state index in [1.807, 2.05) is 0 Å². The maximum absolute atomic E-state index is 5.43. The van der Waals surface area contributed by atoms with E-state index in [1.54, 1.807) is 7.11 Å². The van der Waals surface area contributed by atoms with E-state index >= 15 is 0 Å². The molecule has 2 aliphatic rings. The number of nitrogens with one attached hydrogen (secondary N) is 1. The van der Waals surface area contributed by atoms with Crippen molar-refractivity contribution in [3.63, 3.8) is 0 Å². The molecule has 0 saturated carbocycles. The first kappa shape index (κ1) is 15.2. The lowest BCUT2D eigenvalue weighted by atomic mass is 10.2. The number of ether oxygens (including phenoxy) is 2. The van der Waals surface area contributed by atoms with Crippen molar-refractivity contribution in [2.24, 2.45) is 0 Å². The highest BCUT2D eigenvalue weighted by Crippen LogP contribution is 2.18. The molecule has 5 nitrogen and oxygen atoms in total. The van der Waals surface area contributed by atoms with Gasteiger partial charge in [-0.3, -0.25) is 9.80 Å². The molecule has 2 heterocycles. The van der Waals surface area contributed by atoms with Crippen LogP contribution in [-0.4, -0.2) is 88.1 Å². The van der Waals surface area contributed by atoms with Crippen LogP contribution in [0.25, 0.3) is 0 Å². The number of hydrogen-bond donors (Lipinski definition) is 1. The zero-order valence-corrected chi connectivity index (χ0v) is 12.4. The van der Waals surface area contributed by atoms with Crippen molar-refractivity contribution in [2.75, 3.05) is 66.2 Å². The molecule has 0 spiro atoms. The molecule has 2 saturated heterocycles. The smallest absolute Gasteiger partial charge is 0.0594 e. The van der Waals surface area contributed by atoms with Crippen LogP contribution in [0.3, 0.4) is 0 Å². The highest BCUT2D eigenvalue weighted by molar-refractivity contribution is 4.87. The largest absolute Gasteiger partial charge is 0.383 e. The molecule has 0 radical (unpaired) electrons. The summed E-state index contributed by atoms with van der Waals surface area (Å²) in [7, 11) is 1.75. The third-order valence-electron chi connectivity index (χ3n) is 4.30. The summed E-state index contributed by atoms with van der Waals surface area (Å²) < 4.78 is 10.5. The molecule has 19 heavy (non-hydrogen) atoms. The Hall–Kier alpha value is -0.200. The highest BCUT2D eigenvalue weighted by atomic mass is 16.5. The molecule has 0 bridgehead atoms. The fourth-order valence-corrected chi connectivity index (χ4v) is 3.02. The second-order valence-corrected chi connectivity index (χ2v) is 5.63. The summed E-state index contributed by atoms with van der Waals surface area (Å²) in [4.78, 5) is 5.22. The molecule has 2 fully saturated rings. The van der Waals surface area contributed by atoms with E-state index in [2.05, 4.69) is 22.0 Å². The molecule has 5 heteroatoms. The number of methoxy groups -OCH3 is 1. The topological polar surface area (TPSA) is 37.0 Å². The van der Waals surface area contributed by atoms with Crippen molar-refractivity contribution in [1.29, 1.82) is 0 Å². The first-order valence-electron chi connectivity index (χ1n) is 7.56. The highest BCUT2D eigenvalue weighted by Gasteiger charge is 2.30. The Morgan fingerprint density at radius 1 is 1.32 bits per heavy atom. The van der Waals surface area contributed by atoms with Gasteiger partial charge in [-0.15, -0.1) is 0 Å². The van der Waals surface area contributed by atoms with Crippen LogP contribution in [0.2, 0.25) is 0 Å². The van der Waals surface area contributed by atoms with Gasteiger partial charge in [0.25, 0.3) is 0 Å². The van der Waals surface area contributed by atoms with Gasteiger partial charge in [0.1, 0.15) is 0 Å². The molecular formula is C14H29N3O2. The van der Waals surface area contributed by atoms with Crippen LogP contribution in [0.15, 0.2) is 0 Å². The molecule has 2 aliphatic heterocycles. The van der Waals surface area contributed by atoms with Crippen molar-refractivity contribution < 1.29 is 9.47 Å². The summed E-state index contributed by atoms with van der Waals surface area (Å²) in [6, 6.07) is 1.35. The lowest BCUT2D eigenvalue weighted by molar-refractivity contribution is 0.0178. The third-order valence-corrected chi connectivity index (χ3v) is 4.30. The molecule has 0 aromatic carbocycles. The Morgan fingerprint density at radius 3 is 2.84 bits per heavy atom. The van der Waals surface area contributed by atoms with Crippen LogP contribution in [0.5, 0.6) is 0 Å². The first-order valence-corrected chi connectivity index (χ1v) is 7.56. The SMILES string of the molecule is COCCNCC(C)N1CCC(N2CCOCC2)C1. The van der Waals surface area contributed by atoms with Crippen molar-refractivity contribution in [2.45, 2.75) is 25.4 Å². The minimum absolute atomic E-state index is 0.614. The summed E-state index contributed by atoms with van der Waals surface area (Å²) in [5, 5.41) is 3.46. The van der Waals surface area contributed by atoms with Crippen molar-refractivity contribution in [3.05, 3.63) is 0 Å². The molecule has 2 unspecified atom stereocenters. The van der Waals surface area contributed by atoms with E-state index in [0.717, 1.165) is 52.0 Å². The van der Waals surface area contributed by atoms with Crippen LogP contribution in [-0.2, 0) is 9.47 Å². The summed E-state index contributed by atoms with van der Waals surface area (Å²) in [6.45, 7) is 11.6. The molecule has 0 aliphatic carbocycles. The van der Waals surface area contributed by atoms with Crippen molar-refractivity contribution >= 4 is 0 Å². The van der Waals surface area contributed by atoms with Crippen LogP contribution < -0.4 is 5.32 Å². The van der Waals surface area contributed by atoms with Gasteiger partial charge in [0, 0.05) is 58.5 Å². The lowest BCUT2D eigenvalue weighted by Gasteiger charge is -2.33. The first-order chi connectivity index (χ1) is 9.31. The van der Waals surface area contributed by atoms with E-state index in [0.29, 0.717) is 6.04 Å². The quantitative estimate of drug-likeness (QED) is 0.661. The van der Waals surface area contributed by atoms with Crippen molar-refractivity contribution in [1.82, 2.24) is 15.1 Å². The number of rotatable bonds is 7. The average Bonchev–Trinajstić information content (AvgIpc) is 2.94. The summed E-state index contributed by atoms with van der Waals surface area (Å²) in [5.74, 6) is 0. The van der Waals surface area contributed by atoms with Gasteiger partial charge in [-0.2, -0.15) is 0 Å². The minimum Gasteiger partial charge on any atom is -0.383 e. The summed E-state index contributed by atoms with van der Waals surface area (Å²) in [6.07, 6.45) is 1.31. The molecule has 0 aromatic rings. The standard InChI is InChI=1S/C14H29N3O2/c1-13(11-15-4-8-18-2)17-5-3-14(12-17)16-6-9-19-10-7-16/h13-15H,3-12H2,1-2H3. The Labute approximate surface area is 117 Å². The van der Waals surface area contributed by atoms with E-state index in [9.17, 15) is 0 Å². The van der Waals surface area contributed by atoms with Crippen LogP contribution in [0, 0.1) is 0 Å². The predicted octanol–water partition coefficient (Wildman–Crippen LogP) is 0.0174. The average molecular weight is 271 g/mol. The number of morpholine rings is 1. The second kappa shape index (κ2) is 8.17. The van der Waals surface area contributed by atoms with Crippen molar-refractivity contribution in [3.8, 4) is 0 Å². The maximum Gasteiger partial charge on any atom is 0.0594 e. The molecular weight excluding hydrogens is 242 g/mol. The van der Waals surface area contributed by atoms with E-state index in [1.165, 1.54) is 19.5 Å². The normalized spacial score (nSPS) is 27.8. The van der Waals surface area contributed by atoms with Gasteiger partial charge in [0.05, 0.1) is 19.8 Å². The minimum atomic E-state index is 0.614. The summed E-state index contributed by atoms with van der Waals surface area (Å²) >= 11 is 0. The fraction of sp³-hybridized carbons (Fsp3) is 1.00. The van der Waals surface area contributed by atoms with Gasteiger partial charge in [-0.1, -0.05) is 0 Å². The summed E-state index contributed by atoms with van der Waals surface area (Å²) in [5.41, 5.74) is 0. The van der Waals surface area contributed by atoms with Crippen LogP contribution in [0.4, 0.5) is 0 Å². The second-order valence-electron chi connectivity index (χ2n) is 5.63.